The van der Waals surface area contributed by atoms with Gasteiger partial charge >= 0.3 is 5.97 Å². The van der Waals surface area contributed by atoms with Crippen LogP contribution in [0.1, 0.15) is 25.3 Å². The van der Waals surface area contributed by atoms with E-state index in [-0.39, 0.29) is 37.8 Å². The summed E-state index contributed by atoms with van der Waals surface area (Å²) in [6.45, 7) is 2.54. The summed E-state index contributed by atoms with van der Waals surface area (Å²) >= 11 is 5.80. The zero-order chi connectivity index (χ0) is 17.1. The van der Waals surface area contributed by atoms with Crippen molar-refractivity contribution < 1.29 is 14.3 Å². The number of nitriles is 1. The van der Waals surface area contributed by atoms with Gasteiger partial charge in [0.25, 0.3) is 0 Å². The molecule has 122 valence electrons. The van der Waals surface area contributed by atoms with Crippen LogP contribution in [-0.2, 0) is 14.3 Å². The lowest BCUT2D eigenvalue weighted by Crippen LogP contribution is -2.32. The van der Waals surface area contributed by atoms with Gasteiger partial charge in [-0.25, -0.2) is 0 Å². The largest absolute Gasteiger partial charge is 0.466 e. The summed E-state index contributed by atoms with van der Waals surface area (Å²) in [5.41, 5.74) is 0.841. The van der Waals surface area contributed by atoms with E-state index in [0.717, 1.165) is 5.56 Å². The van der Waals surface area contributed by atoms with Crippen molar-refractivity contribution in [2.75, 3.05) is 19.7 Å². The molecule has 1 aromatic carbocycles. The second-order valence-corrected chi connectivity index (χ2v) is 5.11. The summed E-state index contributed by atoms with van der Waals surface area (Å²) in [4.78, 5) is 25.1. The molecule has 0 bridgehead atoms. The molecule has 0 spiro atoms. The zero-order valence-corrected chi connectivity index (χ0v) is 13.8. The van der Waals surface area contributed by atoms with Crippen molar-refractivity contribution in [1.82, 2.24) is 4.90 Å². The Morgan fingerprint density at radius 1 is 1.30 bits per heavy atom. The Morgan fingerprint density at radius 2 is 2.00 bits per heavy atom. The third kappa shape index (κ3) is 7.48. The molecule has 0 atom stereocenters. The number of carbonyl (C=O) groups is 2. The number of benzene rings is 1. The van der Waals surface area contributed by atoms with Gasteiger partial charge in [0.05, 0.1) is 25.5 Å². The fourth-order valence-electron chi connectivity index (χ4n) is 1.82. The zero-order valence-electron chi connectivity index (χ0n) is 13.0. The van der Waals surface area contributed by atoms with E-state index in [1.54, 1.807) is 37.3 Å². The highest BCUT2D eigenvalue weighted by Crippen LogP contribution is 2.11. The highest BCUT2D eigenvalue weighted by molar-refractivity contribution is 6.30. The predicted molar refractivity (Wildman–Crippen MR) is 88.5 cm³/mol. The number of hydrogen-bond donors (Lipinski definition) is 0. The molecule has 6 heteroatoms. The van der Waals surface area contributed by atoms with Gasteiger partial charge in [0, 0.05) is 24.2 Å². The Hall–Kier alpha value is -2.32. The average Bonchev–Trinajstić information content (AvgIpc) is 2.54. The lowest BCUT2D eigenvalue weighted by atomic mass is 10.2. The SMILES string of the molecule is CCOC(=O)CCN(CCC#N)C(=O)/C=C/c1ccc(Cl)cc1. The molecule has 0 aliphatic carbocycles. The van der Waals surface area contributed by atoms with Crippen LogP contribution < -0.4 is 0 Å². The number of rotatable bonds is 8. The first-order valence-electron chi connectivity index (χ1n) is 7.32. The number of nitrogens with zero attached hydrogens (tertiary/aromatic N) is 2. The van der Waals surface area contributed by atoms with Gasteiger partial charge < -0.3 is 9.64 Å². The van der Waals surface area contributed by atoms with Crippen molar-refractivity contribution >= 4 is 29.6 Å². The lowest BCUT2D eigenvalue weighted by Gasteiger charge is -2.19. The normalized spacial score (nSPS) is 10.3. The van der Waals surface area contributed by atoms with Gasteiger partial charge in [-0.15, -0.1) is 0 Å². The summed E-state index contributed by atoms with van der Waals surface area (Å²) in [6.07, 6.45) is 3.41. The van der Waals surface area contributed by atoms with E-state index >= 15 is 0 Å². The molecule has 0 aromatic heterocycles. The molecule has 1 rings (SSSR count). The van der Waals surface area contributed by atoms with Crippen molar-refractivity contribution in [1.29, 1.82) is 5.26 Å². The summed E-state index contributed by atoms with van der Waals surface area (Å²) in [7, 11) is 0. The molecule has 0 heterocycles. The fourth-order valence-corrected chi connectivity index (χ4v) is 1.95. The molecule has 0 saturated carbocycles. The van der Waals surface area contributed by atoms with Crippen LogP contribution in [0.5, 0.6) is 0 Å². The Morgan fingerprint density at radius 3 is 2.61 bits per heavy atom. The molecule has 0 N–H and O–H groups in total. The van der Waals surface area contributed by atoms with Crippen LogP contribution in [0.3, 0.4) is 0 Å². The summed E-state index contributed by atoms with van der Waals surface area (Å²) in [5, 5.41) is 9.31. The first-order valence-corrected chi connectivity index (χ1v) is 7.69. The Labute approximate surface area is 141 Å². The lowest BCUT2D eigenvalue weighted by molar-refractivity contribution is -0.143. The third-order valence-electron chi connectivity index (χ3n) is 2.98. The van der Waals surface area contributed by atoms with E-state index in [1.165, 1.54) is 11.0 Å². The second kappa shape index (κ2) is 10.4. The van der Waals surface area contributed by atoms with Crippen molar-refractivity contribution in [2.24, 2.45) is 0 Å². The average molecular weight is 335 g/mol. The first kappa shape index (κ1) is 18.7. The quantitative estimate of drug-likeness (QED) is 0.541. The van der Waals surface area contributed by atoms with Crippen LogP contribution in [0.2, 0.25) is 5.02 Å². The van der Waals surface area contributed by atoms with Crippen molar-refractivity contribution in [3.63, 3.8) is 0 Å². The van der Waals surface area contributed by atoms with E-state index < -0.39 is 0 Å². The first-order chi connectivity index (χ1) is 11.1. The molecule has 0 unspecified atom stereocenters. The van der Waals surface area contributed by atoms with E-state index in [1.807, 2.05) is 6.07 Å². The molecular formula is C17H19ClN2O3. The summed E-state index contributed by atoms with van der Waals surface area (Å²) < 4.78 is 4.84. The molecule has 0 radical (unpaired) electrons. The summed E-state index contributed by atoms with van der Waals surface area (Å²) in [5.74, 6) is -0.608. The maximum Gasteiger partial charge on any atom is 0.307 e. The van der Waals surface area contributed by atoms with E-state index in [4.69, 9.17) is 21.6 Å². The maximum absolute atomic E-state index is 12.2. The molecular weight excluding hydrogens is 316 g/mol. The number of carbonyl (C=O) groups excluding carboxylic acids is 2. The van der Waals surface area contributed by atoms with Gasteiger partial charge in [-0.2, -0.15) is 5.26 Å². The topological polar surface area (TPSA) is 70.4 Å². The van der Waals surface area contributed by atoms with Gasteiger partial charge in [0.1, 0.15) is 0 Å². The van der Waals surface area contributed by atoms with Crippen LogP contribution in [0.4, 0.5) is 0 Å². The van der Waals surface area contributed by atoms with E-state index in [0.29, 0.717) is 11.6 Å². The van der Waals surface area contributed by atoms with Gasteiger partial charge in [0.2, 0.25) is 5.91 Å². The van der Waals surface area contributed by atoms with Crippen molar-refractivity contribution in [2.45, 2.75) is 19.8 Å². The fraction of sp³-hybridized carbons (Fsp3) is 0.353. The predicted octanol–water partition coefficient (Wildman–Crippen LogP) is 3.05. The number of esters is 1. The molecule has 0 aliphatic heterocycles. The van der Waals surface area contributed by atoms with Gasteiger partial charge in [-0.05, 0) is 30.7 Å². The van der Waals surface area contributed by atoms with Crippen LogP contribution in [0.15, 0.2) is 30.3 Å². The minimum Gasteiger partial charge on any atom is -0.466 e. The molecule has 1 aromatic rings. The highest BCUT2D eigenvalue weighted by Gasteiger charge is 2.13. The van der Waals surface area contributed by atoms with E-state index in [2.05, 4.69) is 0 Å². The number of amides is 1. The number of ether oxygens (including phenoxy) is 1. The standard InChI is InChI=1S/C17H19ClN2O3/c1-2-23-17(22)10-13-20(12-3-11-19)16(21)9-6-14-4-7-15(18)8-5-14/h4-9H,2-3,10,12-13H2,1H3/b9-6+. The van der Waals surface area contributed by atoms with Gasteiger partial charge in [-0.3, -0.25) is 9.59 Å². The monoisotopic (exact) mass is 334 g/mol. The molecule has 23 heavy (non-hydrogen) atoms. The molecule has 1 amide bonds. The van der Waals surface area contributed by atoms with Crippen LogP contribution in [0, 0.1) is 11.3 Å². The van der Waals surface area contributed by atoms with Gasteiger partial charge in [-0.1, -0.05) is 23.7 Å². The van der Waals surface area contributed by atoms with Gasteiger partial charge in [0.15, 0.2) is 0 Å². The van der Waals surface area contributed by atoms with Crippen molar-refractivity contribution in [3.05, 3.63) is 40.9 Å². The second-order valence-electron chi connectivity index (χ2n) is 4.67. The van der Waals surface area contributed by atoms with E-state index in [9.17, 15) is 9.59 Å². The minimum absolute atomic E-state index is 0.111. The smallest absolute Gasteiger partial charge is 0.307 e. The molecule has 0 fully saturated rings. The Bertz CT molecular complexity index is 591. The number of halogens is 1. The van der Waals surface area contributed by atoms with Crippen LogP contribution >= 0.6 is 11.6 Å². The highest BCUT2D eigenvalue weighted by atomic mass is 35.5. The maximum atomic E-state index is 12.2. The van der Waals surface area contributed by atoms with Crippen LogP contribution in [-0.4, -0.2) is 36.5 Å². The number of hydrogen-bond acceptors (Lipinski definition) is 4. The third-order valence-corrected chi connectivity index (χ3v) is 3.24. The minimum atomic E-state index is -0.357. The Kier molecular flexibility index (Phi) is 8.48. The molecule has 5 nitrogen and oxygen atoms in total. The Balaban J connectivity index is 2.65. The van der Waals surface area contributed by atoms with Crippen molar-refractivity contribution in [3.8, 4) is 6.07 Å². The molecule has 0 aliphatic rings. The summed E-state index contributed by atoms with van der Waals surface area (Å²) in [6, 6.07) is 9.06. The molecule has 0 saturated heterocycles. The van der Waals surface area contributed by atoms with Crippen LogP contribution in [0.25, 0.3) is 6.08 Å².